The smallest absolute Gasteiger partial charge is 0.395 e. The summed E-state index contributed by atoms with van der Waals surface area (Å²) in [5.74, 6) is -0.680. The number of rotatable bonds is 7. The van der Waals surface area contributed by atoms with Gasteiger partial charge in [0.1, 0.15) is 5.82 Å². The van der Waals surface area contributed by atoms with E-state index in [0.717, 1.165) is 12.8 Å². The molecule has 2 saturated heterocycles. The zero-order valence-electron chi connectivity index (χ0n) is 21.8. The van der Waals surface area contributed by atoms with E-state index in [9.17, 15) is 27.5 Å². The van der Waals surface area contributed by atoms with Crippen LogP contribution in [0, 0.1) is 17.2 Å². The summed E-state index contributed by atoms with van der Waals surface area (Å²) in [7, 11) is 0. The summed E-state index contributed by atoms with van der Waals surface area (Å²) in [6, 6.07) is 4.42. The predicted octanol–water partition coefficient (Wildman–Crippen LogP) is 4.70. The molecule has 3 fully saturated rings. The Labute approximate surface area is 225 Å². The van der Waals surface area contributed by atoms with Crippen LogP contribution in [-0.2, 0) is 0 Å². The highest BCUT2D eigenvalue weighted by Gasteiger charge is 2.58. The van der Waals surface area contributed by atoms with Crippen molar-refractivity contribution in [3.8, 4) is 17.1 Å². The molecule has 1 N–H and O–H groups in total. The summed E-state index contributed by atoms with van der Waals surface area (Å²) >= 11 is 0. The molecule has 0 radical (unpaired) electrons. The molecule has 2 aromatic rings. The molecule has 1 aromatic carbocycles. The van der Waals surface area contributed by atoms with E-state index in [0.29, 0.717) is 51.1 Å². The molecule has 1 saturated carbocycles. The van der Waals surface area contributed by atoms with Crippen LogP contribution in [-0.4, -0.2) is 82.4 Å². The Hall–Kier alpha value is -2.79. The minimum atomic E-state index is -4.14. The highest BCUT2D eigenvalue weighted by Crippen LogP contribution is 2.53. The van der Waals surface area contributed by atoms with Gasteiger partial charge in [-0.15, -0.1) is 0 Å². The van der Waals surface area contributed by atoms with Crippen LogP contribution in [0.15, 0.2) is 30.6 Å². The van der Waals surface area contributed by atoms with E-state index in [4.69, 9.17) is 4.74 Å². The first-order valence-electron chi connectivity index (χ1n) is 13.6. The van der Waals surface area contributed by atoms with Gasteiger partial charge in [-0.3, -0.25) is 4.79 Å². The van der Waals surface area contributed by atoms with Crippen molar-refractivity contribution in [2.24, 2.45) is 11.3 Å². The van der Waals surface area contributed by atoms with Crippen LogP contribution < -0.4 is 4.74 Å². The Bertz CT molecular complexity index is 1150. The summed E-state index contributed by atoms with van der Waals surface area (Å²) < 4.78 is 61.1. The van der Waals surface area contributed by atoms with Crippen LogP contribution in [0.1, 0.15) is 55.3 Å². The zero-order valence-corrected chi connectivity index (χ0v) is 21.8. The highest BCUT2D eigenvalue weighted by molar-refractivity contribution is 5.94. The number of nitrogens with zero attached hydrogens (tertiary/aromatic N) is 4. The van der Waals surface area contributed by atoms with Gasteiger partial charge in [-0.1, -0.05) is 12.5 Å². The molecule has 0 spiro atoms. The second-order valence-corrected chi connectivity index (χ2v) is 11.2. The fourth-order valence-corrected chi connectivity index (χ4v) is 5.80. The van der Waals surface area contributed by atoms with Gasteiger partial charge in [-0.05, 0) is 69.7 Å². The molecule has 3 heterocycles. The monoisotopic (exact) mass is 550 g/mol. The number of halogens is 4. The number of likely N-dealkylation sites (tertiary alicyclic amines) is 2. The second-order valence-electron chi connectivity index (χ2n) is 11.2. The third kappa shape index (κ3) is 6.19. The maximum Gasteiger partial charge on any atom is 0.395 e. The average molecular weight is 551 g/mol. The van der Waals surface area contributed by atoms with E-state index >= 15 is 0 Å². The summed E-state index contributed by atoms with van der Waals surface area (Å²) in [6.07, 6.45) is 2.17. The Kier molecular flexibility index (Phi) is 8.09. The number of carbonyl (C=O) groups excluding carboxylic acids is 1. The number of amides is 1. The van der Waals surface area contributed by atoms with Gasteiger partial charge in [0.15, 0.2) is 0 Å². The van der Waals surface area contributed by atoms with Crippen molar-refractivity contribution in [1.82, 2.24) is 19.8 Å². The average Bonchev–Trinajstić information content (AvgIpc) is 2.89. The van der Waals surface area contributed by atoms with Gasteiger partial charge in [-0.2, -0.15) is 13.2 Å². The summed E-state index contributed by atoms with van der Waals surface area (Å²) in [4.78, 5) is 24.5. The largest absolute Gasteiger partial charge is 0.463 e. The first-order chi connectivity index (χ1) is 18.6. The van der Waals surface area contributed by atoms with E-state index in [2.05, 4.69) is 9.97 Å². The van der Waals surface area contributed by atoms with E-state index < -0.39 is 23.5 Å². The van der Waals surface area contributed by atoms with Crippen molar-refractivity contribution in [3.05, 3.63) is 42.0 Å². The minimum Gasteiger partial charge on any atom is -0.463 e. The van der Waals surface area contributed by atoms with Crippen molar-refractivity contribution < 1.29 is 32.2 Å². The third-order valence-corrected chi connectivity index (χ3v) is 8.43. The Morgan fingerprint density at radius 3 is 2.38 bits per heavy atom. The number of hydrogen-bond donors (Lipinski definition) is 1. The molecule has 1 atom stereocenters. The number of β-amino-alcohol motifs (C(OH)–C–C–N with tert-alkyl or cyclic N) is 1. The summed E-state index contributed by atoms with van der Waals surface area (Å²) in [6.45, 7) is 2.46. The molecule has 1 amide bonds. The van der Waals surface area contributed by atoms with Gasteiger partial charge in [0.05, 0.1) is 18.1 Å². The number of benzene rings is 1. The molecule has 5 rings (SSSR count). The van der Waals surface area contributed by atoms with Crippen LogP contribution in [0.5, 0.6) is 6.01 Å². The lowest BCUT2D eigenvalue weighted by Gasteiger charge is -2.47. The van der Waals surface area contributed by atoms with Gasteiger partial charge in [0, 0.05) is 48.7 Å². The lowest BCUT2D eigenvalue weighted by atomic mass is 9.67. The molecule has 0 bridgehead atoms. The molecular weight excluding hydrogens is 516 g/mol. The van der Waals surface area contributed by atoms with Crippen molar-refractivity contribution in [2.75, 3.05) is 39.3 Å². The minimum absolute atomic E-state index is 0.0851. The Morgan fingerprint density at radius 2 is 1.79 bits per heavy atom. The molecule has 1 aliphatic carbocycles. The topological polar surface area (TPSA) is 78.8 Å². The molecule has 3 aliphatic rings. The van der Waals surface area contributed by atoms with Gasteiger partial charge >= 0.3 is 12.2 Å². The van der Waals surface area contributed by atoms with E-state index in [1.807, 2.05) is 4.90 Å². The quantitative estimate of drug-likeness (QED) is 0.504. The first kappa shape index (κ1) is 27.8. The number of alkyl halides is 3. The number of aromatic nitrogens is 2. The van der Waals surface area contributed by atoms with Crippen molar-refractivity contribution in [2.45, 2.75) is 57.2 Å². The maximum atomic E-state index is 14.9. The molecule has 2 aliphatic heterocycles. The number of aliphatic hydroxyl groups excluding tert-OH is 1. The normalized spacial score (nSPS) is 22.4. The number of aliphatic hydroxyl groups is 1. The van der Waals surface area contributed by atoms with Gasteiger partial charge in [0.2, 0.25) is 0 Å². The molecule has 1 aromatic heterocycles. The number of piperidine rings is 2. The molecule has 1 unspecified atom stereocenters. The lowest BCUT2D eigenvalue weighted by molar-refractivity contribution is -0.256. The molecule has 212 valence electrons. The van der Waals surface area contributed by atoms with Crippen LogP contribution in [0.4, 0.5) is 17.6 Å². The third-order valence-electron chi connectivity index (χ3n) is 8.43. The molecule has 7 nitrogen and oxygen atoms in total. The second kappa shape index (κ2) is 11.4. The standard InChI is InChI=1S/C28H34F4N4O3/c29-24-13-20(25(38)36-10-1-3-22(37)16-36)4-5-23(24)21-14-33-26(34-15-21)39-17-19-6-11-35(12-7-19)18-27(8-2-9-27)28(30,31)32/h4-5,13-15,19,22,37H,1-3,6-12,16-18H2. The van der Waals surface area contributed by atoms with Crippen LogP contribution in [0.2, 0.25) is 0 Å². The molecule has 39 heavy (non-hydrogen) atoms. The van der Waals surface area contributed by atoms with Crippen LogP contribution >= 0.6 is 0 Å². The van der Waals surface area contributed by atoms with Crippen molar-refractivity contribution >= 4 is 5.91 Å². The fraction of sp³-hybridized carbons (Fsp3) is 0.607. The predicted molar refractivity (Wildman–Crippen MR) is 136 cm³/mol. The Balaban J connectivity index is 1.11. The van der Waals surface area contributed by atoms with Gasteiger partial charge in [-0.25, -0.2) is 14.4 Å². The summed E-state index contributed by atoms with van der Waals surface area (Å²) in [5, 5.41) is 9.81. The lowest BCUT2D eigenvalue weighted by Crippen LogP contribution is -2.53. The number of hydrogen-bond acceptors (Lipinski definition) is 6. The maximum absolute atomic E-state index is 14.9. The zero-order chi connectivity index (χ0) is 27.6. The van der Waals surface area contributed by atoms with Gasteiger partial charge < -0.3 is 19.6 Å². The fourth-order valence-electron chi connectivity index (χ4n) is 5.80. The van der Waals surface area contributed by atoms with Crippen molar-refractivity contribution in [1.29, 1.82) is 0 Å². The van der Waals surface area contributed by atoms with E-state index in [1.54, 1.807) is 6.07 Å². The van der Waals surface area contributed by atoms with Crippen LogP contribution in [0.25, 0.3) is 11.1 Å². The van der Waals surface area contributed by atoms with Gasteiger partial charge in [0.25, 0.3) is 5.91 Å². The number of carbonyl (C=O) groups is 1. The van der Waals surface area contributed by atoms with E-state index in [1.165, 1.54) is 29.4 Å². The first-order valence-corrected chi connectivity index (χ1v) is 13.6. The SMILES string of the molecule is O=C(c1ccc(-c2cnc(OCC3CCN(CC4(C(F)(F)F)CCC4)CC3)nc2)c(F)c1)N1CCCC(O)C1. The molecule has 11 heteroatoms. The van der Waals surface area contributed by atoms with Crippen LogP contribution in [0.3, 0.4) is 0 Å². The Morgan fingerprint density at radius 1 is 1.08 bits per heavy atom. The van der Waals surface area contributed by atoms with E-state index in [-0.39, 0.29) is 54.9 Å². The number of ether oxygens (including phenoxy) is 1. The van der Waals surface area contributed by atoms with Crippen molar-refractivity contribution in [3.63, 3.8) is 0 Å². The summed E-state index contributed by atoms with van der Waals surface area (Å²) in [5.41, 5.74) is -0.612. The highest BCUT2D eigenvalue weighted by atomic mass is 19.4. The molecular formula is C28H34F4N4O3.